The van der Waals surface area contributed by atoms with Crippen LogP contribution in [0.1, 0.15) is 97.8 Å². The van der Waals surface area contributed by atoms with E-state index in [9.17, 15) is 29.1 Å². The number of phenolic OH excluding ortho intramolecular Hbond substituents is 1. The maximum atomic E-state index is 16.9. The first-order valence-electron chi connectivity index (χ1n) is 22.9. The fourth-order valence-corrected chi connectivity index (χ4v) is 9.56. The molecule has 2 saturated heterocycles. The van der Waals surface area contributed by atoms with E-state index in [0.29, 0.717) is 67.7 Å². The molecular formula is C50H54ClFN8O6. The van der Waals surface area contributed by atoms with Gasteiger partial charge in [0, 0.05) is 62.3 Å². The van der Waals surface area contributed by atoms with Gasteiger partial charge in [0.05, 0.1) is 16.1 Å². The van der Waals surface area contributed by atoms with Crippen LogP contribution >= 0.6 is 11.6 Å². The Hall–Kier alpha value is -6.61. The SMILES string of the molecule is C=CC(=O)N1CCN(c2nc(NCCCCCCCCCCCCNc3cccc4c3C(=O)N(C3CCC(=O)NC3=O)C4=O)nc3c(F)c(-c4cc(O)cc5ccccc45)c(Cl)cc23)CC1. The van der Waals surface area contributed by atoms with Crippen molar-refractivity contribution in [2.45, 2.75) is 83.1 Å². The Labute approximate surface area is 387 Å². The van der Waals surface area contributed by atoms with Gasteiger partial charge in [-0.3, -0.25) is 34.2 Å². The van der Waals surface area contributed by atoms with Crippen molar-refractivity contribution in [2.75, 3.05) is 54.8 Å². The second-order valence-electron chi connectivity index (χ2n) is 17.1. The van der Waals surface area contributed by atoms with Crippen LogP contribution in [0.3, 0.4) is 0 Å². The Kier molecular flexibility index (Phi) is 14.4. The number of fused-ring (bicyclic) bond motifs is 3. The highest BCUT2D eigenvalue weighted by molar-refractivity contribution is 6.35. The number of aromatic nitrogens is 2. The number of benzene rings is 4. The minimum absolute atomic E-state index is 0.00358. The third kappa shape index (κ3) is 9.81. The van der Waals surface area contributed by atoms with Crippen LogP contribution in [0.5, 0.6) is 5.75 Å². The molecule has 8 rings (SSSR count). The normalized spacial score (nSPS) is 16.3. The van der Waals surface area contributed by atoms with Gasteiger partial charge in [-0.25, -0.2) is 9.37 Å². The largest absolute Gasteiger partial charge is 0.508 e. The first kappa shape index (κ1) is 45.9. The summed E-state index contributed by atoms with van der Waals surface area (Å²) in [7, 11) is 0. The lowest BCUT2D eigenvalue weighted by molar-refractivity contribution is -0.136. The predicted octanol–water partition coefficient (Wildman–Crippen LogP) is 8.61. The molecule has 2 fully saturated rings. The number of imide groups is 2. The molecule has 0 radical (unpaired) electrons. The van der Waals surface area contributed by atoms with Crippen molar-refractivity contribution in [3.63, 3.8) is 0 Å². The third-order valence-corrected chi connectivity index (χ3v) is 13.0. The number of aromatic hydroxyl groups is 1. The van der Waals surface area contributed by atoms with Gasteiger partial charge in [0.15, 0.2) is 5.82 Å². The summed E-state index contributed by atoms with van der Waals surface area (Å²) in [5.74, 6) is -1.96. The lowest BCUT2D eigenvalue weighted by Gasteiger charge is -2.35. The summed E-state index contributed by atoms with van der Waals surface area (Å²) in [6, 6.07) is 16.4. The number of hydrogen-bond donors (Lipinski definition) is 4. The van der Waals surface area contributed by atoms with Gasteiger partial charge in [-0.2, -0.15) is 4.98 Å². The third-order valence-electron chi connectivity index (χ3n) is 12.7. The topological polar surface area (TPSA) is 177 Å². The van der Waals surface area contributed by atoms with Gasteiger partial charge in [0.2, 0.25) is 23.7 Å². The van der Waals surface area contributed by atoms with Gasteiger partial charge in [0.1, 0.15) is 23.1 Å². The van der Waals surface area contributed by atoms with E-state index >= 15 is 4.39 Å². The Morgan fingerprint density at radius 3 is 2.18 bits per heavy atom. The molecule has 5 amide bonds. The predicted molar refractivity (Wildman–Crippen MR) is 254 cm³/mol. The molecule has 0 bridgehead atoms. The molecule has 66 heavy (non-hydrogen) atoms. The number of piperidine rings is 1. The van der Waals surface area contributed by atoms with Gasteiger partial charge in [0.25, 0.3) is 11.8 Å². The number of nitrogens with zero attached hydrogens (tertiary/aromatic N) is 5. The number of carbonyl (C=O) groups is 5. The molecule has 0 saturated carbocycles. The Balaban J connectivity index is 0.795. The van der Waals surface area contributed by atoms with Crippen molar-refractivity contribution >= 4 is 80.3 Å². The van der Waals surface area contributed by atoms with E-state index in [4.69, 9.17) is 21.6 Å². The summed E-state index contributed by atoms with van der Waals surface area (Å²) >= 11 is 6.89. The maximum absolute atomic E-state index is 16.9. The van der Waals surface area contributed by atoms with Crippen molar-refractivity contribution in [2.24, 2.45) is 0 Å². The van der Waals surface area contributed by atoms with E-state index in [1.165, 1.54) is 12.1 Å². The number of carbonyl (C=O) groups excluding carboxylic acids is 5. The Bertz CT molecular complexity index is 2710. The van der Waals surface area contributed by atoms with E-state index < -0.39 is 35.5 Å². The standard InChI is InChI=1S/C50H54ClFN8O6/c1-2-41(63)58-24-26-59(27-25-58)46-36-30-37(51)42(35-29-32(61)28-31-16-11-12-17-33(31)35)44(52)45(36)56-50(57-46)54-23-14-10-8-6-4-3-5-7-9-13-22-53-38-19-15-18-34-43(38)49(66)60(48(34)65)39-20-21-40(62)55-47(39)64/h2,11-12,15-19,28-30,39,53,61H,1,3-10,13-14,20-27H2,(H,54,56,57)(H,55,62,64). The summed E-state index contributed by atoms with van der Waals surface area (Å²) < 4.78 is 16.9. The zero-order valence-corrected chi connectivity index (χ0v) is 37.6. The van der Waals surface area contributed by atoms with Gasteiger partial charge in [-0.05, 0) is 72.0 Å². The lowest BCUT2D eigenvalue weighted by Crippen LogP contribution is -2.54. The monoisotopic (exact) mass is 916 g/mol. The molecule has 14 nitrogen and oxygen atoms in total. The zero-order valence-electron chi connectivity index (χ0n) is 36.8. The minimum Gasteiger partial charge on any atom is -0.508 e. The number of amides is 5. The number of rotatable bonds is 19. The summed E-state index contributed by atoms with van der Waals surface area (Å²) in [6.45, 7) is 6.76. The number of nitrogens with one attached hydrogen (secondary N) is 3. The van der Waals surface area contributed by atoms with Crippen molar-refractivity contribution in [1.82, 2.24) is 25.1 Å². The molecule has 0 aliphatic carbocycles. The highest BCUT2D eigenvalue weighted by atomic mass is 35.5. The number of halogens is 2. The summed E-state index contributed by atoms with van der Waals surface area (Å²) in [6.07, 6.45) is 12.0. The number of piperazine rings is 1. The van der Waals surface area contributed by atoms with E-state index in [1.54, 1.807) is 35.2 Å². The average Bonchev–Trinajstić information content (AvgIpc) is 3.57. The highest BCUT2D eigenvalue weighted by Crippen LogP contribution is 2.42. The number of phenols is 1. The van der Waals surface area contributed by atoms with E-state index in [2.05, 4.69) is 22.5 Å². The van der Waals surface area contributed by atoms with Crippen LogP contribution in [0.2, 0.25) is 5.02 Å². The highest BCUT2D eigenvalue weighted by Gasteiger charge is 2.45. The molecule has 0 spiro atoms. The van der Waals surface area contributed by atoms with Crippen LogP contribution in [-0.4, -0.2) is 99.7 Å². The van der Waals surface area contributed by atoms with Crippen LogP contribution in [-0.2, 0) is 14.4 Å². The molecule has 4 heterocycles. The first-order valence-corrected chi connectivity index (χ1v) is 23.3. The van der Waals surface area contributed by atoms with Crippen molar-refractivity contribution < 1.29 is 33.5 Å². The molecular weight excluding hydrogens is 863 g/mol. The summed E-state index contributed by atoms with van der Waals surface area (Å²) in [4.78, 5) is 77.1. The smallest absolute Gasteiger partial charge is 0.264 e. The number of anilines is 3. The summed E-state index contributed by atoms with van der Waals surface area (Å²) in [5, 5.41) is 21.6. The Morgan fingerprint density at radius 2 is 1.48 bits per heavy atom. The second kappa shape index (κ2) is 20.7. The van der Waals surface area contributed by atoms with E-state index in [0.717, 1.165) is 79.9 Å². The quantitative estimate of drug-likeness (QED) is 0.0354. The van der Waals surface area contributed by atoms with Crippen LogP contribution in [0.4, 0.5) is 21.8 Å². The minimum atomic E-state index is -0.993. The second-order valence-corrected chi connectivity index (χ2v) is 17.5. The molecule has 5 aromatic rings. The molecule has 1 unspecified atom stereocenters. The molecule has 16 heteroatoms. The zero-order chi connectivity index (χ0) is 46.3. The van der Waals surface area contributed by atoms with Gasteiger partial charge >= 0.3 is 0 Å². The van der Waals surface area contributed by atoms with Crippen molar-refractivity contribution in [3.05, 3.63) is 95.3 Å². The lowest BCUT2D eigenvalue weighted by atomic mass is 9.96. The molecule has 4 aromatic carbocycles. The molecule has 1 atom stereocenters. The average molecular weight is 917 g/mol. The first-order chi connectivity index (χ1) is 32.0. The van der Waals surface area contributed by atoms with Gasteiger partial charge in [-0.15, -0.1) is 0 Å². The van der Waals surface area contributed by atoms with Crippen molar-refractivity contribution in [1.29, 1.82) is 0 Å². The van der Waals surface area contributed by atoms with Crippen LogP contribution in [0, 0.1) is 5.82 Å². The molecule has 3 aliphatic heterocycles. The van der Waals surface area contributed by atoms with Crippen LogP contribution in [0.25, 0.3) is 32.8 Å². The van der Waals surface area contributed by atoms with Crippen LogP contribution in [0.15, 0.2) is 73.3 Å². The maximum Gasteiger partial charge on any atom is 0.264 e. The molecule has 4 N–H and O–H groups in total. The van der Waals surface area contributed by atoms with E-state index in [1.807, 2.05) is 29.2 Å². The van der Waals surface area contributed by atoms with E-state index in [-0.39, 0.29) is 51.7 Å². The molecule has 344 valence electrons. The number of unbranched alkanes of at least 4 members (excludes halogenated alkanes) is 9. The van der Waals surface area contributed by atoms with Crippen LogP contribution < -0.4 is 20.9 Å². The number of hydrogen-bond acceptors (Lipinski definition) is 11. The van der Waals surface area contributed by atoms with Crippen molar-refractivity contribution in [3.8, 4) is 16.9 Å². The fourth-order valence-electron chi connectivity index (χ4n) is 9.27. The van der Waals surface area contributed by atoms with Gasteiger partial charge < -0.3 is 25.5 Å². The van der Waals surface area contributed by atoms with Gasteiger partial charge in [-0.1, -0.05) is 99.9 Å². The Morgan fingerprint density at radius 1 is 0.803 bits per heavy atom. The summed E-state index contributed by atoms with van der Waals surface area (Å²) in [5.41, 5.74) is 1.85. The fraction of sp³-hybridized carbons (Fsp3) is 0.380. The molecule has 3 aliphatic rings. The molecule has 1 aromatic heterocycles.